The van der Waals surface area contributed by atoms with E-state index in [-0.39, 0.29) is 32.3 Å². The number of aromatic nitrogens is 2. The smallest absolute Gasteiger partial charge is 0.331 e. The first kappa shape index (κ1) is 27.5. The topological polar surface area (TPSA) is 121 Å². The average Bonchev–Trinajstić information content (AvgIpc) is 3.34. The highest BCUT2D eigenvalue weighted by atomic mass is 16.5. The van der Waals surface area contributed by atoms with Crippen molar-refractivity contribution in [3.8, 4) is 0 Å². The van der Waals surface area contributed by atoms with Gasteiger partial charge in [0.05, 0.1) is 19.8 Å². The summed E-state index contributed by atoms with van der Waals surface area (Å²) in [5.41, 5.74) is 0.800. The van der Waals surface area contributed by atoms with Gasteiger partial charge in [0, 0.05) is 26.0 Å². The Labute approximate surface area is 205 Å². The molecule has 0 spiro atoms. The van der Waals surface area contributed by atoms with Gasteiger partial charge < -0.3 is 29.4 Å². The van der Waals surface area contributed by atoms with Gasteiger partial charge in [-0.15, -0.1) is 13.2 Å². The Morgan fingerprint density at radius 1 is 1.09 bits per heavy atom. The summed E-state index contributed by atoms with van der Waals surface area (Å²) in [7, 11) is 1.40. The predicted molar refractivity (Wildman–Crippen MR) is 129 cm³/mol. The van der Waals surface area contributed by atoms with Gasteiger partial charge in [0.1, 0.15) is 12.6 Å². The summed E-state index contributed by atoms with van der Waals surface area (Å²) < 4.78 is 17.5. The fraction of sp³-hybridized carbons (Fsp3) is 0.360. The molecule has 0 aliphatic heterocycles. The Hall–Kier alpha value is -3.76. The second-order valence-corrected chi connectivity index (χ2v) is 7.48. The maximum atomic E-state index is 13.0. The number of amides is 2. The standard InChI is InChI=1S/C25H32N4O6/c1-4-6-13-29-14-12-26-22(29)24(31)27-20(17-33-3)23(30)28-21(18-34-15-5-2)25(32)35-16-19-10-8-7-9-11-19/h4-5,7-12,14,20-21H,1-2,6,13,15-18H2,3H3,(H,27,31)(H,28,30)/t20-,21-/m0/s1. The predicted octanol–water partition coefficient (Wildman–Crippen LogP) is 1.63. The molecule has 1 aromatic heterocycles. The lowest BCUT2D eigenvalue weighted by molar-refractivity contribution is -0.151. The molecule has 0 fully saturated rings. The van der Waals surface area contributed by atoms with Crippen molar-refractivity contribution in [1.29, 1.82) is 0 Å². The van der Waals surface area contributed by atoms with E-state index in [0.29, 0.717) is 13.0 Å². The zero-order chi connectivity index (χ0) is 25.5. The van der Waals surface area contributed by atoms with E-state index in [1.807, 2.05) is 30.3 Å². The minimum atomic E-state index is -1.10. The van der Waals surface area contributed by atoms with Crippen molar-refractivity contribution >= 4 is 17.8 Å². The van der Waals surface area contributed by atoms with Crippen molar-refractivity contribution < 1.29 is 28.6 Å². The molecule has 1 aromatic carbocycles. The normalized spacial score (nSPS) is 12.3. The number of carbonyl (C=O) groups excluding carboxylic acids is 3. The number of rotatable bonds is 16. The Bertz CT molecular complexity index is 975. The first-order valence-electron chi connectivity index (χ1n) is 11.1. The fourth-order valence-corrected chi connectivity index (χ4v) is 3.04. The molecule has 2 amide bonds. The zero-order valence-electron chi connectivity index (χ0n) is 19.9. The van der Waals surface area contributed by atoms with Gasteiger partial charge in [-0.2, -0.15) is 0 Å². The number of carbonyl (C=O) groups is 3. The van der Waals surface area contributed by atoms with Gasteiger partial charge >= 0.3 is 5.97 Å². The Balaban J connectivity index is 2.06. The maximum absolute atomic E-state index is 13.0. The van der Waals surface area contributed by atoms with Crippen LogP contribution in [0.5, 0.6) is 0 Å². The summed E-state index contributed by atoms with van der Waals surface area (Å²) in [6.45, 7) is 7.73. The minimum absolute atomic E-state index is 0.0408. The van der Waals surface area contributed by atoms with E-state index >= 15 is 0 Å². The van der Waals surface area contributed by atoms with Gasteiger partial charge in [0.25, 0.3) is 5.91 Å². The number of allylic oxidation sites excluding steroid dienone is 1. The SMILES string of the molecule is C=CCCn1ccnc1C(=O)N[C@@H](COC)C(=O)N[C@@H](COCC=C)C(=O)OCc1ccccc1. The van der Waals surface area contributed by atoms with Crippen LogP contribution in [0.1, 0.15) is 22.6 Å². The van der Waals surface area contributed by atoms with Crippen LogP contribution >= 0.6 is 0 Å². The molecule has 2 atom stereocenters. The Kier molecular flexibility index (Phi) is 11.9. The second-order valence-electron chi connectivity index (χ2n) is 7.48. The molecule has 0 unspecified atom stereocenters. The minimum Gasteiger partial charge on any atom is -0.459 e. The molecule has 0 aliphatic rings. The Morgan fingerprint density at radius 2 is 1.86 bits per heavy atom. The molecule has 0 aliphatic carbocycles. The molecular weight excluding hydrogens is 452 g/mol. The molecule has 10 heteroatoms. The molecule has 2 N–H and O–H groups in total. The van der Waals surface area contributed by atoms with Gasteiger partial charge in [-0.1, -0.05) is 42.5 Å². The highest BCUT2D eigenvalue weighted by Gasteiger charge is 2.29. The summed E-state index contributed by atoms with van der Waals surface area (Å²) >= 11 is 0. The van der Waals surface area contributed by atoms with Crippen molar-refractivity contribution in [2.75, 3.05) is 26.9 Å². The van der Waals surface area contributed by atoms with Gasteiger partial charge in [-0.3, -0.25) is 9.59 Å². The largest absolute Gasteiger partial charge is 0.459 e. The average molecular weight is 485 g/mol. The highest BCUT2D eigenvalue weighted by Crippen LogP contribution is 2.04. The summed E-state index contributed by atoms with van der Waals surface area (Å²) in [5.74, 6) is -1.71. The van der Waals surface area contributed by atoms with Crippen LogP contribution in [0.2, 0.25) is 0 Å². The van der Waals surface area contributed by atoms with Crippen LogP contribution in [0.15, 0.2) is 68.0 Å². The van der Waals surface area contributed by atoms with Crippen molar-refractivity contribution in [2.24, 2.45) is 0 Å². The number of aryl methyl sites for hydroxylation is 1. The number of esters is 1. The van der Waals surface area contributed by atoms with Crippen LogP contribution in [0.25, 0.3) is 0 Å². The lowest BCUT2D eigenvalue weighted by Gasteiger charge is -2.22. The van der Waals surface area contributed by atoms with Crippen LogP contribution in [0.4, 0.5) is 0 Å². The number of methoxy groups -OCH3 is 1. The van der Waals surface area contributed by atoms with Crippen molar-refractivity contribution in [3.63, 3.8) is 0 Å². The van der Waals surface area contributed by atoms with E-state index in [4.69, 9.17) is 14.2 Å². The van der Waals surface area contributed by atoms with E-state index in [1.165, 1.54) is 19.4 Å². The first-order valence-corrected chi connectivity index (χ1v) is 11.1. The third kappa shape index (κ3) is 9.19. The lowest BCUT2D eigenvalue weighted by atomic mass is 10.2. The van der Waals surface area contributed by atoms with Gasteiger partial charge in [-0.25, -0.2) is 9.78 Å². The van der Waals surface area contributed by atoms with Crippen molar-refractivity contribution in [2.45, 2.75) is 31.7 Å². The number of imidazole rings is 1. The van der Waals surface area contributed by atoms with Crippen LogP contribution in [-0.4, -0.2) is 66.3 Å². The summed E-state index contributed by atoms with van der Waals surface area (Å²) in [6, 6.07) is 6.97. The van der Waals surface area contributed by atoms with Crippen LogP contribution in [-0.2, 0) is 37.0 Å². The van der Waals surface area contributed by atoms with E-state index in [9.17, 15) is 14.4 Å². The monoisotopic (exact) mass is 484 g/mol. The molecule has 2 aromatic rings. The van der Waals surface area contributed by atoms with Gasteiger partial charge in [-0.05, 0) is 12.0 Å². The number of ether oxygens (including phenoxy) is 3. The highest BCUT2D eigenvalue weighted by molar-refractivity contribution is 5.96. The number of nitrogens with one attached hydrogen (secondary N) is 2. The summed E-state index contributed by atoms with van der Waals surface area (Å²) in [4.78, 5) is 42.5. The van der Waals surface area contributed by atoms with Crippen LogP contribution in [0.3, 0.4) is 0 Å². The van der Waals surface area contributed by atoms with E-state index in [1.54, 1.807) is 16.8 Å². The first-order chi connectivity index (χ1) is 17.0. The van der Waals surface area contributed by atoms with Crippen LogP contribution < -0.4 is 10.6 Å². The van der Waals surface area contributed by atoms with Crippen molar-refractivity contribution in [1.82, 2.24) is 20.2 Å². The zero-order valence-corrected chi connectivity index (χ0v) is 19.9. The fourth-order valence-electron chi connectivity index (χ4n) is 3.04. The van der Waals surface area contributed by atoms with Crippen molar-refractivity contribution in [3.05, 3.63) is 79.4 Å². The molecule has 2 rings (SSSR count). The van der Waals surface area contributed by atoms with Gasteiger partial charge in [0.2, 0.25) is 5.91 Å². The lowest BCUT2D eigenvalue weighted by Crippen LogP contribution is -2.55. The van der Waals surface area contributed by atoms with E-state index in [0.717, 1.165) is 5.56 Å². The number of benzene rings is 1. The third-order valence-corrected chi connectivity index (χ3v) is 4.79. The maximum Gasteiger partial charge on any atom is 0.331 e. The molecule has 0 saturated heterocycles. The second kappa shape index (κ2) is 15.2. The Morgan fingerprint density at radius 3 is 2.54 bits per heavy atom. The van der Waals surface area contributed by atoms with E-state index < -0.39 is 29.9 Å². The van der Waals surface area contributed by atoms with Crippen LogP contribution in [0, 0.1) is 0 Å². The molecular formula is C25H32N4O6. The number of hydrogen-bond acceptors (Lipinski definition) is 7. The molecule has 10 nitrogen and oxygen atoms in total. The molecule has 188 valence electrons. The van der Waals surface area contributed by atoms with Gasteiger partial charge in [0.15, 0.2) is 11.9 Å². The molecule has 0 saturated carbocycles. The number of nitrogens with zero attached hydrogens (tertiary/aromatic N) is 2. The van der Waals surface area contributed by atoms with E-state index in [2.05, 4.69) is 28.8 Å². The molecule has 0 bridgehead atoms. The molecule has 35 heavy (non-hydrogen) atoms. The molecule has 0 radical (unpaired) electrons. The number of hydrogen-bond donors (Lipinski definition) is 2. The third-order valence-electron chi connectivity index (χ3n) is 4.79. The summed E-state index contributed by atoms with van der Waals surface area (Å²) in [6.07, 6.45) is 7.07. The molecule has 1 heterocycles. The quantitative estimate of drug-likeness (QED) is 0.211. The summed E-state index contributed by atoms with van der Waals surface area (Å²) in [5, 5.41) is 5.20.